The molecule has 0 fully saturated rings. The van der Waals surface area contributed by atoms with E-state index >= 15 is 0 Å². The second kappa shape index (κ2) is 7.60. The smallest absolute Gasteiger partial charge is 0.318 e. The van der Waals surface area contributed by atoms with E-state index in [1.165, 1.54) is 30.3 Å². The molecule has 0 saturated carbocycles. The Morgan fingerprint density at radius 3 is 2.56 bits per heavy atom. The fourth-order valence-electron chi connectivity index (χ4n) is 2.38. The molecule has 140 valence electrons. The number of aliphatic carboxylic acids is 1. The van der Waals surface area contributed by atoms with Gasteiger partial charge in [-0.05, 0) is 42.5 Å². The molecule has 0 bridgehead atoms. The number of carboxylic acids is 1. The van der Waals surface area contributed by atoms with Gasteiger partial charge in [0.1, 0.15) is 6.54 Å². The Morgan fingerprint density at radius 2 is 1.85 bits per heavy atom. The minimum atomic E-state index is -3.95. The average Bonchev–Trinajstić information content (AvgIpc) is 3.14. The van der Waals surface area contributed by atoms with Crippen molar-refractivity contribution in [2.24, 2.45) is 0 Å². The minimum absolute atomic E-state index is 0.125. The zero-order valence-electron chi connectivity index (χ0n) is 13.9. The number of nitrogens with one attached hydrogen (secondary N) is 1. The molecule has 1 heterocycles. The summed E-state index contributed by atoms with van der Waals surface area (Å²) in [4.78, 5) is 22.6. The van der Waals surface area contributed by atoms with Crippen LogP contribution in [0, 0.1) is 0 Å². The second-order valence-electron chi connectivity index (χ2n) is 5.52. The van der Waals surface area contributed by atoms with Gasteiger partial charge in [0, 0.05) is 11.1 Å². The van der Waals surface area contributed by atoms with Crippen LogP contribution in [0.2, 0.25) is 0 Å². The number of ketones is 1. The molecule has 8 nitrogen and oxygen atoms in total. The largest absolute Gasteiger partial charge is 0.480 e. The van der Waals surface area contributed by atoms with E-state index in [9.17, 15) is 18.0 Å². The summed E-state index contributed by atoms with van der Waals surface area (Å²) < 4.78 is 36.4. The number of allylic oxidation sites excluding steroid dienone is 1. The molecule has 27 heavy (non-hydrogen) atoms. The Labute approximate surface area is 155 Å². The summed E-state index contributed by atoms with van der Waals surface area (Å²) in [6.07, 6.45) is 2.94. The highest BCUT2D eigenvalue weighted by molar-refractivity contribution is 7.89. The van der Waals surface area contributed by atoms with E-state index < -0.39 is 22.5 Å². The molecule has 0 radical (unpaired) electrons. The predicted octanol–water partition coefficient (Wildman–Crippen LogP) is 1.67. The molecule has 2 N–H and O–H groups in total. The van der Waals surface area contributed by atoms with Gasteiger partial charge in [-0.1, -0.05) is 12.1 Å². The van der Waals surface area contributed by atoms with Crippen LogP contribution in [-0.4, -0.2) is 38.6 Å². The molecule has 0 saturated heterocycles. The van der Waals surface area contributed by atoms with Gasteiger partial charge in [-0.15, -0.1) is 0 Å². The zero-order chi connectivity index (χ0) is 19.4. The van der Waals surface area contributed by atoms with Gasteiger partial charge in [-0.3, -0.25) is 9.59 Å². The molecule has 0 amide bonds. The van der Waals surface area contributed by atoms with Crippen molar-refractivity contribution in [2.45, 2.75) is 4.90 Å². The van der Waals surface area contributed by atoms with Crippen LogP contribution in [-0.2, 0) is 14.8 Å². The van der Waals surface area contributed by atoms with Crippen LogP contribution in [0.1, 0.15) is 15.9 Å². The molecule has 2 aromatic rings. The molecule has 3 rings (SSSR count). The van der Waals surface area contributed by atoms with E-state index in [-0.39, 0.29) is 23.0 Å². The van der Waals surface area contributed by atoms with Crippen LogP contribution >= 0.6 is 0 Å². The van der Waals surface area contributed by atoms with E-state index in [4.69, 9.17) is 14.6 Å². The van der Waals surface area contributed by atoms with E-state index in [0.717, 1.165) is 0 Å². The van der Waals surface area contributed by atoms with Gasteiger partial charge in [-0.25, -0.2) is 8.42 Å². The molecular weight excluding hydrogens is 374 g/mol. The highest BCUT2D eigenvalue weighted by Crippen LogP contribution is 2.35. The van der Waals surface area contributed by atoms with Gasteiger partial charge >= 0.3 is 5.97 Å². The van der Waals surface area contributed by atoms with Crippen molar-refractivity contribution in [3.63, 3.8) is 0 Å². The first-order valence-electron chi connectivity index (χ1n) is 7.79. The van der Waals surface area contributed by atoms with Crippen LogP contribution in [0.5, 0.6) is 11.5 Å². The topological polar surface area (TPSA) is 119 Å². The fourth-order valence-corrected chi connectivity index (χ4v) is 3.36. The lowest BCUT2D eigenvalue weighted by molar-refractivity contribution is -0.135. The Morgan fingerprint density at radius 1 is 1.11 bits per heavy atom. The summed E-state index contributed by atoms with van der Waals surface area (Å²) in [6.45, 7) is -0.598. The van der Waals surface area contributed by atoms with Crippen LogP contribution in [0.3, 0.4) is 0 Å². The monoisotopic (exact) mass is 389 g/mol. The highest BCUT2D eigenvalue weighted by atomic mass is 32.2. The normalized spacial score (nSPS) is 13.0. The lowest BCUT2D eigenvalue weighted by atomic mass is 10.1. The summed E-state index contributed by atoms with van der Waals surface area (Å²) in [5.74, 6) is -0.452. The van der Waals surface area contributed by atoms with Crippen molar-refractivity contribution in [1.82, 2.24) is 4.72 Å². The Kier molecular flexibility index (Phi) is 5.24. The number of carbonyl (C=O) groups excluding carboxylic acids is 1. The number of rotatable bonds is 7. The van der Waals surface area contributed by atoms with Gasteiger partial charge in [0.05, 0.1) is 4.90 Å². The first-order valence-corrected chi connectivity index (χ1v) is 9.28. The molecule has 1 aliphatic heterocycles. The van der Waals surface area contributed by atoms with Gasteiger partial charge in [0.15, 0.2) is 17.3 Å². The summed E-state index contributed by atoms with van der Waals surface area (Å²) in [5.41, 5.74) is 0.976. The third-order valence-electron chi connectivity index (χ3n) is 3.70. The summed E-state index contributed by atoms with van der Waals surface area (Å²) >= 11 is 0. The first kappa shape index (κ1) is 18.6. The van der Waals surface area contributed by atoms with Crippen molar-refractivity contribution in [1.29, 1.82) is 0 Å². The molecule has 0 aromatic heterocycles. The Hall–Kier alpha value is -3.17. The van der Waals surface area contributed by atoms with Crippen LogP contribution in [0.25, 0.3) is 6.08 Å². The Balaban J connectivity index is 1.73. The van der Waals surface area contributed by atoms with E-state index in [1.54, 1.807) is 24.3 Å². The maximum atomic E-state index is 12.3. The number of carboxylic acid groups (broad SMARTS) is 1. The molecule has 0 aliphatic carbocycles. The molecule has 0 atom stereocenters. The van der Waals surface area contributed by atoms with Crippen molar-refractivity contribution in [3.8, 4) is 11.5 Å². The lowest BCUT2D eigenvalue weighted by Crippen LogP contribution is -2.29. The maximum absolute atomic E-state index is 12.3. The minimum Gasteiger partial charge on any atom is -0.480 e. The highest BCUT2D eigenvalue weighted by Gasteiger charge is 2.17. The van der Waals surface area contributed by atoms with E-state index in [2.05, 4.69) is 0 Å². The second-order valence-corrected chi connectivity index (χ2v) is 7.29. The average molecular weight is 389 g/mol. The number of sulfonamides is 1. The molecule has 0 unspecified atom stereocenters. The third kappa shape index (κ3) is 4.33. The van der Waals surface area contributed by atoms with E-state index in [1.807, 2.05) is 4.72 Å². The summed E-state index contributed by atoms with van der Waals surface area (Å²) in [5, 5.41) is 8.56. The number of para-hydroxylation sites is 1. The number of hydrogen-bond donors (Lipinski definition) is 2. The van der Waals surface area contributed by atoms with E-state index in [0.29, 0.717) is 17.1 Å². The molecule has 2 aromatic carbocycles. The van der Waals surface area contributed by atoms with Gasteiger partial charge in [-0.2, -0.15) is 4.72 Å². The number of ether oxygens (including phenoxy) is 2. The van der Waals surface area contributed by atoms with Crippen molar-refractivity contribution in [2.75, 3.05) is 13.3 Å². The maximum Gasteiger partial charge on any atom is 0.318 e. The van der Waals surface area contributed by atoms with Crippen LogP contribution in [0.4, 0.5) is 0 Å². The van der Waals surface area contributed by atoms with Gasteiger partial charge < -0.3 is 14.6 Å². The number of carbonyl (C=O) groups is 2. The quantitative estimate of drug-likeness (QED) is 0.546. The molecule has 0 spiro atoms. The SMILES string of the molecule is O=C(O)CNS(=O)(=O)c1ccc(C(=O)/C=C/c2cccc3c2OCO3)cc1. The zero-order valence-corrected chi connectivity index (χ0v) is 14.7. The molecule has 9 heteroatoms. The van der Waals surface area contributed by atoms with Crippen molar-refractivity contribution < 1.29 is 32.6 Å². The summed E-state index contributed by atoms with van der Waals surface area (Å²) in [6, 6.07) is 10.5. The van der Waals surface area contributed by atoms with Crippen LogP contribution < -0.4 is 14.2 Å². The lowest BCUT2D eigenvalue weighted by Gasteiger charge is -2.05. The van der Waals surface area contributed by atoms with Gasteiger partial charge in [0.2, 0.25) is 16.8 Å². The number of benzene rings is 2. The molecule has 1 aliphatic rings. The fraction of sp³-hybridized carbons (Fsp3) is 0.111. The third-order valence-corrected chi connectivity index (χ3v) is 5.12. The number of hydrogen-bond acceptors (Lipinski definition) is 6. The first-order chi connectivity index (χ1) is 12.9. The molecular formula is C18H15NO7S. The van der Waals surface area contributed by atoms with Crippen molar-refractivity contribution >= 4 is 27.9 Å². The number of fused-ring (bicyclic) bond motifs is 1. The summed E-state index contributed by atoms with van der Waals surface area (Å²) in [7, 11) is -3.95. The Bertz CT molecular complexity index is 1010. The van der Waals surface area contributed by atoms with Gasteiger partial charge in [0.25, 0.3) is 0 Å². The standard InChI is InChI=1S/C18H15NO7S/c20-15(9-6-13-2-1-3-16-18(13)26-11-25-16)12-4-7-14(8-5-12)27(23,24)19-10-17(21)22/h1-9,19H,10-11H2,(H,21,22)/b9-6+. The predicted molar refractivity (Wildman–Crippen MR) is 95.2 cm³/mol. The van der Waals surface area contributed by atoms with Crippen LogP contribution in [0.15, 0.2) is 53.4 Å². The van der Waals surface area contributed by atoms with Crippen molar-refractivity contribution in [3.05, 3.63) is 59.7 Å².